The number of piperazine rings is 1. The van der Waals surface area contributed by atoms with Crippen molar-refractivity contribution in [2.45, 2.75) is 36.8 Å². The SMILES string of the molecule is CC1SC(c2ccc(Cl)c(Cl)c2)N(CCN2CCN(C(=O)C3CCC3)CC2)C1=O. The Kier molecular flexibility index (Phi) is 6.64. The molecule has 2 saturated heterocycles. The summed E-state index contributed by atoms with van der Waals surface area (Å²) in [6.45, 7) is 6.80. The maximum atomic E-state index is 12.7. The zero-order valence-corrected chi connectivity index (χ0v) is 19.0. The molecule has 1 saturated carbocycles. The summed E-state index contributed by atoms with van der Waals surface area (Å²) in [6.07, 6.45) is 3.31. The van der Waals surface area contributed by atoms with E-state index >= 15 is 0 Å². The van der Waals surface area contributed by atoms with Crippen LogP contribution in [0.3, 0.4) is 0 Å². The molecule has 1 aromatic carbocycles. The van der Waals surface area contributed by atoms with Crippen molar-refractivity contribution in [3.05, 3.63) is 33.8 Å². The lowest BCUT2D eigenvalue weighted by Gasteiger charge is -2.38. The molecular formula is C21H27Cl2N3O2S. The van der Waals surface area contributed by atoms with Crippen LogP contribution in [0.2, 0.25) is 10.0 Å². The average molecular weight is 456 g/mol. The van der Waals surface area contributed by atoms with Gasteiger partial charge in [0.05, 0.1) is 15.3 Å². The van der Waals surface area contributed by atoms with Crippen molar-refractivity contribution in [1.29, 1.82) is 0 Å². The normalized spacial score (nSPS) is 26.1. The summed E-state index contributed by atoms with van der Waals surface area (Å²) in [7, 11) is 0. The third-order valence-corrected chi connectivity index (χ3v) is 8.40. The van der Waals surface area contributed by atoms with Crippen LogP contribution in [-0.2, 0) is 9.59 Å². The van der Waals surface area contributed by atoms with E-state index in [0.29, 0.717) is 22.5 Å². The molecule has 2 unspecified atom stereocenters. The fourth-order valence-corrected chi connectivity index (χ4v) is 5.79. The van der Waals surface area contributed by atoms with Crippen LogP contribution in [0, 0.1) is 5.92 Å². The molecule has 3 fully saturated rings. The van der Waals surface area contributed by atoms with Crippen molar-refractivity contribution in [1.82, 2.24) is 14.7 Å². The van der Waals surface area contributed by atoms with Crippen LogP contribution in [0.5, 0.6) is 0 Å². The lowest BCUT2D eigenvalue weighted by Crippen LogP contribution is -2.52. The Balaban J connectivity index is 1.33. The van der Waals surface area contributed by atoms with E-state index in [4.69, 9.17) is 23.2 Å². The zero-order valence-electron chi connectivity index (χ0n) is 16.7. The first kappa shape index (κ1) is 21.3. The van der Waals surface area contributed by atoms with Gasteiger partial charge in [-0.3, -0.25) is 14.5 Å². The Hall–Kier alpha value is -0.950. The van der Waals surface area contributed by atoms with Crippen molar-refractivity contribution in [3.8, 4) is 0 Å². The van der Waals surface area contributed by atoms with E-state index in [9.17, 15) is 9.59 Å². The number of carbonyl (C=O) groups is 2. The number of halogens is 2. The van der Waals surface area contributed by atoms with E-state index in [1.165, 1.54) is 6.42 Å². The van der Waals surface area contributed by atoms with Crippen LogP contribution in [-0.4, -0.2) is 71.0 Å². The van der Waals surface area contributed by atoms with Gasteiger partial charge >= 0.3 is 0 Å². The van der Waals surface area contributed by atoms with Gasteiger partial charge in [0.1, 0.15) is 5.37 Å². The third-order valence-electron chi connectivity index (χ3n) is 6.27. The molecule has 0 radical (unpaired) electrons. The molecule has 29 heavy (non-hydrogen) atoms. The van der Waals surface area contributed by atoms with Crippen molar-refractivity contribution < 1.29 is 9.59 Å². The summed E-state index contributed by atoms with van der Waals surface area (Å²) >= 11 is 13.9. The van der Waals surface area contributed by atoms with Crippen molar-refractivity contribution in [2.24, 2.45) is 5.92 Å². The van der Waals surface area contributed by atoms with Crippen LogP contribution < -0.4 is 0 Å². The first-order valence-corrected chi connectivity index (χ1v) is 12.1. The van der Waals surface area contributed by atoms with Crippen LogP contribution >= 0.6 is 35.0 Å². The highest BCUT2D eigenvalue weighted by molar-refractivity contribution is 8.01. The molecule has 158 valence electrons. The summed E-state index contributed by atoms with van der Waals surface area (Å²) in [5.41, 5.74) is 1.01. The summed E-state index contributed by atoms with van der Waals surface area (Å²) in [5, 5.41) is 0.947. The number of rotatable bonds is 5. The van der Waals surface area contributed by atoms with Gasteiger partial charge in [0, 0.05) is 45.2 Å². The minimum atomic E-state index is -0.0635. The van der Waals surface area contributed by atoms with Gasteiger partial charge in [-0.25, -0.2) is 0 Å². The highest BCUT2D eigenvalue weighted by atomic mass is 35.5. The summed E-state index contributed by atoms with van der Waals surface area (Å²) in [4.78, 5) is 31.5. The summed E-state index contributed by atoms with van der Waals surface area (Å²) in [6, 6.07) is 5.61. The maximum absolute atomic E-state index is 12.7. The first-order chi connectivity index (χ1) is 13.9. The van der Waals surface area contributed by atoms with Gasteiger partial charge < -0.3 is 9.80 Å². The van der Waals surface area contributed by atoms with Crippen LogP contribution in [0.15, 0.2) is 18.2 Å². The fourth-order valence-electron chi connectivity index (χ4n) is 4.18. The van der Waals surface area contributed by atoms with Gasteiger partial charge in [-0.15, -0.1) is 11.8 Å². The summed E-state index contributed by atoms with van der Waals surface area (Å²) in [5.74, 6) is 0.787. The number of amides is 2. The monoisotopic (exact) mass is 455 g/mol. The largest absolute Gasteiger partial charge is 0.340 e. The lowest BCUT2D eigenvalue weighted by molar-refractivity contribution is -0.139. The molecule has 4 rings (SSSR count). The highest BCUT2D eigenvalue weighted by Crippen LogP contribution is 2.43. The second kappa shape index (κ2) is 9.04. The number of thioether (sulfide) groups is 1. The van der Waals surface area contributed by atoms with E-state index < -0.39 is 0 Å². The summed E-state index contributed by atoms with van der Waals surface area (Å²) < 4.78 is 0. The Morgan fingerprint density at radius 3 is 2.45 bits per heavy atom. The molecule has 2 aliphatic heterocycles. The fraction of sp³-hybridized carbons (Fsp3) is 0.619. The van der Waals surface area contributed by atoms with E-state index in [2.05, 4.69) is 4.90 Å². The molecule has 2 heterocycles. The van der Waals surface area contributed by atoms with Crippen molar-refractivity contribution >= 4 is 46.8 Å². The highest BCUT2D eigenvalue weighted by Gasteiger charge is 2.39. The Labute approximate surface area is 186 Å². The predicted octanol–water partition coefficient (Wildman–Crippen LogP) is 3.90. The lowest BCUT2D eigenvalue weighted by atomic mass is 9.84. The molecule has 1 aromatic rings. The maximum Gasteiger partial charge on any atom is 0.236 e. The quantitative estimate of drug-likeness (QED) is 0.674. The van der Waals surface area contributed by atoms with Crippen LogP contribution in [0.4, 0.5) is 0 Å². The topological polar surface area (TPSA) is 43.9 Å². The van der Waals surface area contributed by atoms with Gasteiger partial charge in [0.15, 0.2) is 0 Å². The van der Waals surface area contributed by atoms with Crippen LogP contribution in [0.25, 0.3) is 0 Å². The number of hydrogen-bond donors (Lipinski definition) is 0. The van der Waals surface area contributed by atoms with Gasteiger partial charge in [-0.2, -0.15) is 0 Å². The number of benzene rings is 1. The second-order valence-electron chi connectivity index (χ2n) is 8.13. The minimum Gasteiger partial charge on any atom is -0.340 e. The number of hydrogen-bond acceptors (Lipinski definition) is 4. The molecule has 1 aliphatic carbocycles. The predicted molar refractivity (Wildman–Crippen MR) is 118 cm³/mol. The second-order valence-corrected chi connectivity index (χ2v) is 10.4. The van der Waals surface area contributed by atoms with Crippen molar-refractivity contribution in [2.75, 3.05) is 39.3 Å². The van der Waals surface area contributed by atoms with Gasteiger partial charge in [-0.1, -0.05) is 35.7 Å². The Morgan fingerprint density at radius 1 is 1.10 bits per heavy atom. The smallest absolute Gasteiger partial charge is 0.236 e. The van der Waals surface area contributed by atoms with Crippen LogP contribution in [0.1, 0.15) is 37.1 Å². The van der Waals surface area contributed by atoms with E-state index in [0.717, 1.165) is 51.1 Å². The molecule has 0 N–H and O–H groups in total. The standard InChI is InChI=1S/C21H27Cl2N3O2S/c1-14-19(27)26(21(29-14)16-5-6-17(22)18(23)13-16)12-9-24-7-10-25(11-8-24)20(28)15-3-2-4-15/h5-6,13-15,21H,2-4,7-12H2,1H3. The van der Waals surface area contributed by atoms with Gasteiger partial charge in [-0.05, 0) is 37.5 Å². The molecule has 0 bridgehead atoms. The third kappa shape index (κ3) is 4.55. The van der Waals surface area contributed by atoms with Gasteiger partial charge in [0.2, 0.25) is 11.8 Å². The zero-order chi connectivity index (χ0) is 20.5. The Bertz CT molecular complexity index is 781. The molecule has 0 spiro atoms. The van der Waals surface area contributed by atoms with E-state index in [1.54, 1.807) is 17.8 Å². The van der Waals surface area contributed by atoms with Crippen molar-refractivity contribution in [3.63, 3.8) is 0 Å². The number of nitrogens with zero attached hydrogens (tertiary/aromatic N) is 3. The van der Waals surface area contributed by atoms with E-state index in [1.807, 2.05) is 28.9 Å². The molecule has 2 amide bonds. The molecule has 2 atom stereocenters. The minimum absolute atomic E-state index is 0.0336. The van der Waals surface area contributed by atoms with E-state index in [-0.39, 0.29) is 22.4 Å². The molecule has 5 nitrogen and oxygen atoms in total. The number of carbonyl (C=O) groups excluding carboxylic acids is 2. The van der Waals surface area contributed by atoms with Gasteiger partial charge in [0.25, 0.3) is 0 Å². The molecule has 8 heteroatoms. The first-order valence-electron chi connectivity index (χ1n) is 10.4. The molecular weight excluding hydrogens is 429 g/mol. The molecule has 0 aromatic heterocycles. The Morgan fingerprint density at radius 2 is 1.83 bits per heavy atom. The average Bonchev–Trinajstić information content (AvgIpc) is 2.95. The molecule has 3 aliphatic rings.